The molecule has 0 amide bonds. The number of nitrogens with zero attached hydrogens (tertiary/aromatic N) is 4. The van der Waals surface area contributed by atoms with Crippen LogP contribution in [0.25, 0.3) is 11.2 Å². The standard InChI is InChI=1S/C21H31ClN5O9P/c1-31-8-9-33-21(28)34-12-35-37(29,30)13-32-10-15-6-7-16(36-15)27-11-23-17-18(24-14-4-2-3-5-14)25-20(22)26-19(17)27/h11,14-16H,2-10,12-13H2,1H3,(H,29,30)(H,24,25,26)/t15-,16+/m0/s1. The van der Waals surface area contributed by atoms with Gasteiger partial charge in [0.2, 0.25) is 12.1 Å². The minimum Gasteiger partial charge on any atom is -0.432 e. The van der Waals surface area contributed by atoms with Gasteiger partial charge in [0.1, 0.15) is 19.2 Å². The van der Waals surface area contributed by atoms with Crippen LogP contribution >= 0.6 is 19.2 Å². The Hall–Kier alpha value is -2.06. The van der Waals surface area contributed by atoms with Crippen molar-refractivity contribution in [1.82, 2.24) is 19.5 Å². The van der Waals surface area contributed by atoms with E-state index in [9.17, 15) is 14.3 Å². The maximum atomic E-state index is 12.1. The number of carbonyl (C=O) groups excluding carboxylic acids is 1. The Morgan fingerprint density at radius 3 is 2.84 bits per heavy atom. The minimum absolute atomic E-state index is 0.00894. The summed E-state index contributed by atoms with van der Waals surface area (Å²) in [7, 11) is -2.70. The van der Waals surface area contributed by atoms with Gasteiger partial charge in [-0.3, -0.25) is 13.7 Å². The van der Waals surface area contributed by atoms with Crippen LogP contribution in [0.5, 0.6) is 0 Å². The number of anilines is 1. The van der Waals surface area contributed by atoms with Gasteiger partial charge < -0.3 is 33.9 Å². The van der Waals surface area contributed by atoms with Crippen LogP contribution in [0, 0.1) is 0 Å². The average molecular weight is 564 g/mol. The number of fused-ring (bicyclic) bond motifs is 1. The molecular formula is C21H31ClN5O9P. The van der Waals surface area contributed by atoms with E-state index in [0.29, 0.717) is 35.9 Å². The number of hydrogen-bond donors (Lipinski definition) is 2. The fourth-order valence-electron chi connectivity index (χ4n) is 4.22. The molecule has 1 aliphatic carbocycles. The SMILES string of the molecule is COCCOC(=O)OCOP(=O)(O)COC[C@@H]1CC[C@H](n2cnc3c(NC4CCCC4)nc(Cl)nc32)O1. The molecule has 37 heavy (non-hydrogen) atoms. The van der Waals surface area contributed by atoms with E-state index in [0.717, 1.165) is 12.8 Å². The molecule has 14 nitrogen and oxygen atoms in total. The van der Waals surface area contributed by atoms with Crippen molar-refractivity contribution in [3.05, 3.63) is 11.6 Å². The number of hydrogen-bond acceptors (Lipinski definition) is 12. The third-order valence-electron chi connectivity index (χ3n) is 5.98. The Labute approximate surface area is 218 Å². The van der Waals surface area contributed by atoms with Crippen LogP contribution in [0.4, 0.5) is 10.6 Å². The van der Waals surface area contributed by atoms with Crippen molar-refractivity contribution in [3.63, 3.8) is 0 Å². The zero-order chi connectivity index (χ0) is 26.3. The molecule has 2 aliphatic rings. The molecular weight excluding hydrogens is 533 g/mol. The third kappa shape index (κ3) is 7.96. The van der Waals surface area contributed by atoms with Gasteiger partial charge in [0.15, 0.2) is 17.0 Å². The lowest BCUT2D eigenvalue weighted by molar-refractivity contribution is -0.0374. The molecule has 206 valence electrons. The summed E-state index contributed by atoms with van der Waals surface area (Å²) in [5, 5.41) is 3.56. The zero-order valence-electron chi connectivity index (χ0n) is 20.4. The summed E-state index contributed by atoms with van der Waals surface area (Å²) < 4.78 is 44.0. The Bertz CT molecular complexity index is 1100. The second kappa shape index (κ2) is 13.1. The van der Waals surface area contributed by atoms with Crippen LogP contribution in [0.1, 0.15) is 44.8 Å². The second-order valence-electron chi connectivity index (χ2n) is 8.70. The van der Waals surface area contributed by atoms with E-state index in [2.05, 4.69) is 29.7 Å². The van der Waals surface area contributed by atoms with Crippen molar-refractivity contribution in [2.45, 2.75) is 56.9 Å². The van der Waals surface area contributed by atoms with E-state index < -0.39 is 26.9 Å². The van der Waals surface area contributed by atoms with Gasteiger partial charge in [0.05, 0.1) is 25.6 Å². The first-order chi connectivity index (χ1) is 17.8. The maximum Gasteiger partial charge on any atom is 0.510 e. The van der Waals surface area contributed by atoms with E-state index in [1.165, 1.54) is 20.0 Å². The lowest BCUT2D eigenvalue weighted by atomic mass is 10.2. The number of nitrogens with one attached hydrogen (secondary N) is 1. The monoisotopic (exact) mass is 563 g/mol. The van der Waals surface area contributed by atoms with Crippen molar-refractivity contribution in [1.29, 1.82) is 0 Å². The first kappa shape index (κ1) is 28.0. The highest BCUT2D eigenvalue weighted by Crippen LogP contribution is 2.42. The Morgan fingerprint density at radius 2 is 2.05 bits per heavy atom. The summed E-state index contributed by atoms with van der Waals surface area (Å²) in [6.45, 7) is -0.490. The van der Waals surface area contributed by atoms with Gasteiger partial charge >= 0.3 is 13.8 Å². The van der Waals surface area contributed by atoms with Gasteiger partial charge in [-0.05, 0) is 37.3 Å². The molecule has 0 radical (unpaired) electrons. The molecule has 2 aromatic heterocycles. The van der Waals surface area contributed by atoms with Gasteiger partial charge in [-0.1, -0.05) is 12.8 Å². The van der Waals surface area contributed by atoms with Gasteiger partial charge in [-0.2, -0.15) is 9.97 Å². The van der Waals surface area contributed by atoms with Gasteiger partial charge in [-0.15, -0.1) is 0 Å². The largest absolute Gasteiger partial charge is 0.510 e. The maximum absolute atomic E-state index is 12.1. The molecule has 4 rings (SSSR count). The molecule has 0 bridgehead atoms. The van der Waals surface area contributed by atoms with Crippen molar-refractivity contribution >= 4 is 42.3 Å². The fraction of sp³-hybridized carbons (Fsp3) is 0.714. The van der Waals surface area contributed by atoms with E-state index in [4.69, 9.17) is 30.3 Å². The number of ether oxygens (including phenoxy) is 5. The number of carbonyl (C=O) groups is 1. The molecule has 2 aromatic rings. The number of halogens is 1. The molecule has 2 N–H and O–H groups in total. The highest BCUT2D eigenvalue weighted by atomic mass is 35.5. The molecule has 1 aliphatic heterocycles. The minimum atomic E-state index is -4.15. The number of methoxy groups -OCH3 is 1. The zero-order valence-corrected chi connectivity index (χ0v) is 22.1. The topological polar surface area (TPSA) is 165 Å². The summed E-state index contributed by atoms with van der Waals surface area (Å²) in [6, 6.07) is 0.344. The van der Waals surface area contributed by atoms with Crippen molar-refractivity contribution in [2.75, 3.05) is 45.4 Å². The van der Waals surface area contributed by atoms with E-state index >= 15 is 0 Å². The molecule has 3 heterocycles. The molecule has 2 fully saturated rings. The number of rotatable bonds is 13. The Morgan fingerprint density at radius 1 is 1.24 bits per heavy atom. The highest BCUT2D eigenvalue weighted by molar-refractivity contribution is 7.52. The van der Waals surface area contributed by atoms with Crippen LogP contribution in [-0.2, 0) is 32.8 Å². The van der Waals surface area contributed by atoms with Gasteiger partial charge in [0, 0.05) is 13.2 Å². The average Bonchev–Trinajstić information content (AvgIpc) is 3.60. The first-order valence-corrected chi connectivity index (χ1v) is 14.1. The summed E-state index contributed by atoms with van der Waals surface area (Å²) >= 11 is 6.20. The predicted octanol–water partition coefficient (Wildman–Crippen LogP) is 3.45. The second-order valence-corrected chi connectivity index (χ2v) is 10.8. The smallest absolute Gasteiger partial charge is 0.432 e. The lowest BCUT2D eigenvalue weighted by Gasteiger charge is -2.17. The molecule has 1 saturated heterocycles. The van der Waals surface area contributed by atoms with Crippen molar-refractivity contribution in [3.8, 4) is 0 Å². The van der Waals surface area contributed by atoms with Gasteiger partial charge in [0.25, 0.3) is 0 Å². The van der Waals surface area contributed by atoms with Crippen molar-refractivity contribution < 1.29 is 42.5 Å². The highest BCUT2D eigenvalue weighted by Gasteiger charge is 2.30. The number of aromatic nitrogens is 4. The van der Waals surface area contributed by atoms with Gasteiger partial charge in [-0.25, -0.2) is 9.78 Å². The molecule has 1 unspecified atom stereocenters. The van der Waals surface area contributed by atoms with Crippen LogP contribution in [-0.4, -0.2) is 82.8 Å². The molecule has 3 atom stereocenters. The fourth-order valence-corrected chi connectivity index (χ4v) is 5.02. The lowest BCUT2D eigenvalue weighted by Crippen LogP contribution is -2.18. The summed E-state index contributed by atoms with van der Waals surface area (Å²) in [5.74, 6) is 0.615. The molecule has 0 spiro atoms. The number of imidazole rings is 1. The predicted molar refractivity (Wildman–Crippen MR) is 130 cm³/mol. The third-order valence-corrected chi connectivity index (χ3v) is 7.17. The molecule has 0 aromatic carbocycles. The Kier molecular flexibility index (Phi) is 9.93. The van der Waals surface area contributed by atoms with Crippen LogP contribution < -0.4 is 5.32 Å². The van der Waals surface area contributed by atoms with Crippen LogP contribution in [0.15, 0.2) is 6.33 Å². The van der Waals surface area contributed by atoms with E-state index in [-0.39, 0.29) is 37.4 Å². The normalized spacial score (nSPS) is 21.8. The summed E-state index contributed by atoms with van der Waals surface area (Å²) in [4.78, 5) is 34.3. The van der Waals surface area contributed by atoms with Crippen LogP contribution in [0.3, 0.4) is 0 Å². The quantitative estimate of drug-likeness (QED) is 0.120. The first-order valence-electron chi connectivity index (χ1n) is 12.0. The Balaban J connectivity index is 1.23. The molecule has 16 heteroatoms. The molecule has 1 saturated carbocycles. The summed E-state index contributed by atoms with van der Waals surface area (Å²) in [6.07, 6.45) is 5.21. The van der Waals surface area contributed by atoms with E-state index in [1.54, 1.807) is 6.33 Å². The van der Waals surface area contributed by atoms with Crippen LogP contribution in [0.2, 0.25) is 5.28 Å². The van der Waals surface area contributed by atoms with Crippen molar-refractivity contribution in [2.24, 2.45) is 0 Å². The summed E-state index contributed by atoms with van der Waals surface area (Å²) in [5.41, 5.74) is 1.20. The van der Waals surface area contributed by atoms with E-state index in [1.807, 2.05) is 4.57 Å².